The number of amides is 1. The summed E-state index contributed by atoms with van der Waals surface area (Å²) in [5.74, 6) is -0.897. The molecule has 0 saturated carbocycles. The molecule has 0 unspecified atom stereocenters. The third-order valence-corrected chi connectivity index (χ3v) is 4.77. The Morgan fingerprint density at radius 3 is 2.41 bits per heavy atom. The first kappa shape index (κ1) is 19.7. The minimum Gasteiger partial charge on any atom is -0.340 e. The van der Waals surface area contributed by atoms with E-state index in [9.17, 15) is 31.1 Å². The van der Waals surface area contributed by atoms with Crippen molar-refractivity contribution in [2.24, 2.45) is 0 Å². The lowest BCUT2D eigenvalue weighted by molar-refractivity contribution is -0.138. The maximum absolute atomic E-state index is 13.0. The lowest BCUT2D eigenvalue weighted by Gasteiger charge is -2.48. The van der Waals surface area contributed by atoms with Crippen molar-refractivity contribution < 1.29 is 31.1 Å². The van der Waals surface area contributed by atoms with Crippen molar-refractivity contribution in [1.82, 2.24) is 9.88 Å². The quantitative estimate of drug-likeness (QED) is 0.721. The Balaban J connectivity index is 2.07. The predicted molar refractivity (Wildman–Crippen MR) is 85.5 cm³/mol. The molecule has 0 aliphatic carbocycles. The Bertz CT molecular complexity index is 733. The number of carbonyl (C=O) groups excluding carboxylic acids is 1. The summed E-state index contributed by atoms with van der Waals surface area (Å²) in [5, 5.41) is 0. The van der Waals surface area contributed by atoms with Gasteiger partial charge in [-0.2, -0.15) is 26.3 Å². The summed E-state index contributed by atoms with van der Waals surface area (Å²) in [6.45, 7) is 3.15. The summed E-state index contributed by atoms with van der Waals surface area (Å²) in [4.78, 5) is 20.4. The summed E-state index contributed by atoms with van der Waals surface area (Å²) < 4.78 is 78.1. The normalized spacial score (nSPS) is 21.5. The van der Waals surface area contributed by atoms with Crippen LogP contribution >= 0.6 is 0 Å². The number of pyridine rings is 1. The molecule has 0 aromatic carbocycles. The molecule has 2 aliphatic heterocycles. The van der Waals surface area contributed by atoms with Gasteiger partial charge in [-0.05, 0) is 19.9 Å². The molecule has 150 valence electrons. The van der Waals surface area contributed by atoms with Gasteiger partial charge in [0.1, 0.15) is 12.6 Å². The third kappa shape index (κ3) is 3.83. The van der Waals surface area contributed by atoms with Crippen LogP contribution in [0.4, 0.5) is 37.8 Å². The average Bonchev–Trinajstić information content (AvgIpc) is 2.55. The first-order chi connectivity index (χ1) is 12.4. The van der Waals surface area contributed by atoms with Gasteiger partial charge in [-0.25, -0.2) is 4.98 Å². The van der Waals surface area contributed by atoms with E-state index in [4.69, 9.17) is 0 Å². The van der Waals surface area contributed by atoms with Gasteiger partial charge in [0.05, 0.1) is 11.3 Å². The molecule has 5 nitrogen and oxygen atoms in total. The van der Waals surface area contributed by atoms with Crippen molar-refractivity contribution in [2.75, 3.05) is 36.0 Å². The lowest BCUT2D eigenvalue weighted by atomic mass is 10.0. The number of fused-ring (bicyclic) bond motifs is 3. The Labute approximate surface area is 151 Å². The summed E-state index contributed by atoms with van der Waals surface area (Å²) in [6, 6.07) is -0.269. The molecule has 1 atom stereocenters. The Morgan fingerprint density at radius 2 is 1.85 bits per heavy atom. The lowest BCUT2D eigenvalue weighted by Crippen LogP contribution is -2.64. The second-order valence-corrected chi connectivity index (χ2v) is 6.90. The number of hydrogen-bond donors (Lipinski definition) is 0. The van der Waals surface area contributed by atoms with E-state index in [1.54, 1.807) is 0 Å². The second-order valence-electron chi connectivity index (χ2n) is 6.90. The van der Waals surface area contributed by atoms with Crippen LogP contribution in [0.25, 0.3) is 0 Å². The molecule has 1 amide bonds. The zero-order valence-electron chi connectivity index (χ0n) is 14.6. The van der Waals surface area contributed by atoms with Crippen molar-refractivity contribution in [2.45, 2.75) is 38.3 Å². The fourth-order valence-electron chi connectivity index (χ4n) is 3.40. The SMILES string of the molecule is CC(C)N1CCN2c3ncc(C(F)(F)F)cc3N(CC(F)(F)F)C(=O)[C@@H]2C1. The first-order valence-electron chi connectivity index (χ1n) is 8.34. The average molecular weight is 396 g/mol. The van der Waals surface area contributed by atoms with Crippen LogP contribution in [0.5, 0.6) is 0 Å². The van der Waals surface area contributed by atoms with Gasteiger partial charge in [0.15, 0.2) is 5.82 Å². The molecule has 11 heteroatoms. The van der Waals surface area contributed by atoms with Gasteiger partial charge in [0.25, 0.3) is 5.91 Å². The number of aromatic nitrogens is 1. The van der Waals surface area contributed by atoms with Crippen LogP contribution in [-0.4, -0.2) is 60.2 Å². The predicted octanol–water partition coefficient (Wildman–Crippen LogP) is 2.91. The number of anilines is 2. The van der Waals surface area contributed by atoms with Crippen LogP contribution < -0.4 is 9.80 Å². The molecule has 0 N–H and O–H groups in total. The maximum Gasteiger partial charge on any atom is 0.417 e. The Morgan fingerprint density at radius 1 is 1.19 bits per heavy atom. The molecular formula is C16H18F6N4O. The van der Waals surface area contributed by atoms with Crippen LogP contribution in [0.1, 0.15) is 19.4 Å². The van der Waals surface area contributed by atoms with Crippen LogP contribution in [-0.2, 0) is 11.0 Å². The Hall–Kier alpha value is -2.04. The molecule has 2 aliphatic rings. The summed E-state index contributed by atoms with van der Waals surface area (Å²) in [7, 11) is 0. The number of carbonyl (C=O) groups is 1. The van der Waals surface area contributed by atoms with Gasteiger partial charge in [0.2, 0.25) is 0 Å². The number of rotatable bonds is 2. The standard InChI is InChI=1S/C16H18F6N4O/c1-9(2)24-3-4-25-12(7-24)14(27)26(8-15(17,18)19)11-5-10(16(20,21)22)6-23-13(11)25/h5-6,9,12H,3-4,7-8H2,1-2H3/t12-/m0/s1. The van der Waals surface area contributed by atoms with E-state index in [1.165, 1.54) is 4.90 Å². The van der Waals surface area contributed by atoms with E-state index >= 15 is 0 Å². The van der Waals surface area contributed by atoms with Crippen molar-refractivity contribution in [3.63, 3.8) is 0 Å². The van der Waals surface area contributed by atoms with Gasteiger partial charge in [0, 0.05) is 31.9 Å². The van der Waals surface area contributed by atoms with Gasteiger partial charge in [-0.1, -0.05) is 0 Å². The van der Waals surface area contributed by atoms with Gasteiger partial charge >= 0.3 is 12.4 Å². The zero-order valence-corrected chi connectivity index (χ0v) is 14.6. The zero-order chi connectivity index (χ0) is 20.1. The molecule has 3 rings (SSSR count). The van der Waals surface area contributed by atoms with Crippen LogP contribution in [0.15, 0.2) is 12.3 Å². The minimum atomic E-state index is -4.78. The van der Waals surface area contributed by atoms with Gasteiger partial charge in [-0.15, -0.1) is 0 Å². The highest BCUT2D eigenvalue weighted by Gasteiger charge is 2.47. The summed E-state index contributed by atoms with van der Waals surface area (Å²) >= 11 is 0. The first-order valence-corrected chi connectivity index (χ1v) is 8.34. The highest BCUT2D eigenvalue weighted by atomic mass is 19.4. The number of piperazine rings is 1. The van der Waals surface area contributed by atoms with E-state index in [0.717, 1.165) is 0 Å². The van der Waals surface area contributed by atoms with Gasteiger partial charge < -0.3 is 4.90 Å². The summed E-state index contributed by atoms with van der Waals surface area (Å²) in [5.41, 5.74) is -1.65. The molecule has 3 heterocycles. The molecular weight excluding hydrogens is 378 g/mol. The second kappa shape index (κ2) is 6.54. The molecule has 0 bridgehead atoms. The van der Waals surface area contributed by atoms with Crippen LogP contribution in [0.3, 0.4) is 0 Å². The van der Waals surface area contributed by atoms with E-state index in [0.29, 0.717) is 30.3 Å². The topological polar surface area (TPSA) is 39.7 Å². The number of alkyl halides is 6. The molecule has 1 fully saturated rings. The van der Waals surface area contributed by atoms with Crippen molar-refractivity contribution in [3.05, 3.63) is 17.8 Å². The van der Waals surface area contributed by atoms with E-state index in [1.807, 2.05) is 18.7 Å². The van der Waals surface area contributed by atoms with Crippen molar-refractivity contribution in [3.8, 4) is 0 Å². The molecule has 27 heavy (non-hydrogen) atoms. The van der Waals surface area contributed by atoms with Gasteiger partial charge in [-0.3, -0.25) is 14.6 Å². The molecule has 0 spiro atoms. The van der Waals surface area contributed by atoms with Crippen molar-refractivity contribution >= 4 is 17.4 Å². The number of nitrogens with zero attached hydrogens (tertiary/aromatic N) is 4. The van der Waals surface area contributed by atoms with Crippen molar-refractivity contribution in [1.29, 1.82) is 0 Å². The van der Waals surface area contributed by atoms with Crippen LogP contribution in [0.2, 0.25) is 0 Å². The highest BCUT2D eigenvalue weighted by Crippen LogP contribution is 2.41. The third-order valence-electron chi connectivity index (χ3n) is 4.77. The fourth-order valence-corrected chi connectivity index (χ4v) is 3.40. The smallest absolute Gasteiger partial charge is 0.340 e. The monoisotopic (exact) mass is 396 g/mol. The van der Waals surface area contributed by atoms with E-state index in [2.05, 4.69) is 4.98 Å². The largest absolute Gasteiger partial charge is 0.417 e. The van der Waals surface area contributed by atoms with Crippen LogP contribution in [0, 0.1) is 0 Å². The number of hydrogen-bond acceptors (Lipinski definition) is 4. The van der Waals surface area contributed by atoms with E-state index < -0.39 is 42.1 Å². The minimum absolute atomic E-state index is 0.0275. The maximum atomic E-state index is 13.0. The highest BCUT2D eigenvalue weighted by molar-refractivity contribution is 6.05. The molecule has 1 aromatic rings. The van der Waals surface area contributed by atoms with E-state index in [-0.39, 0.29) is 18.4 Å². The Kier molecular flexibility index (Phi) is 4.77. The molecule has 0 radical (unpaired) electrons. The number of halogens is 6. The fraction of sp³-hybridized carbons (Fsp3) is 0.625. The molecule has 1 saturated heterocycles. The summed E-state index contributed by atoms with van der Waals surface area (Å²) in [6.07, 6.45) is -8.94. The molecule has 1 aromatic heterocycles.